The maximum atomic E-state index is 12.6. The monoisotopic (exact) mass is 686 g/mol. The molecule has 1 N–H and O–H groups in total. The summed E-state index contributed by atoms with van der Waals surface area (Å²) in [5.74, 6) is -1.56. The van der Waals surface area contributed by atoms with E-state index in [0.717, 1.165) is 70.6 Å². The smallest absolute Gasteiger partial charge is 0.362 e. The SMILES string of the molecule is CC/C=C/C=C/C=C/C=C/C=C/CCCCCC(=O)OCC(COCCC(C(=O)O)[N+](C)(C)C)OC(=O)CCCCCC/C=C/CCCC. The van der Waals surface area contributed by atoms with E-state index in [2.05, 4.69) is 38.2 Å². The molecule has 0 rings (SSSR count). The van der Waals surface area contributed by atoms with E-state index in [1.54, 1.807) is 0 Å². The lowest BCUT2D eigenvalue weighted by molar-refractivity contribution is -0.887. The Labute approximate surface area is 298 Å². The number of nitrogens with zero attached hydrogens (tertiary/aromatic N) is 1. The average Bonchev–Trinajstić information content (AvgIpc) is 3.05. The van der Waals surface area contributed by atoms with Crippen LogP contribution in [0, 0.1) is 0 Å². The standard InChI is InChI=1S/C41H67NO7/c1-6-8-10-12-14-16-18-19-20-21-22-24-25-27-29-31-39(43)48-36-37(35-47-34-33-38(41(45)46)42(3,4)5)49-40(44)32-30-28-26-23-17-15-13-11-9-7-2/h8,10,12-16,18-22,37-38H,6-7,9,11,17,23-36H2,1-5H3/p+1/b10-8+,14-12+,15-13+,18-16+,20-19+,22-21+. The number of hydrogen-bond acceptors (Lipinski definition) is 6. The minimum absolute atomic E-state index is 0.0381. The van der Waals surface area contributed by atoms with Gasteiger partial charge in [0.05, 0.1) is 34.4 Å². The van der Waals surface area contributed by atoms with Crippen molar-refractivity contribution < 1.29 is 38.2 Å². The molecule has 0 aromatic carbocycles. The van der Waals surface area contributed by atoms with Crippen LogP contribution in [0.5, 0.6) is 0 Å². The fourth-order valence-corrected chi connectivity index (χ4v) is 4.80. The van der Waals surface area contributed by atoms with Gasteiger partial charge in [-0.3, -0.25) is 9.59 Å². The molecule has 0 saturated carbocycles. The summed E-state index contributed by atoms with van der Waals surface area (Å²) in [7, 11) is 5.48. The van der Waals surface area contributed by atoms with Gasteiger partial charge in [-0.05, 0) is 51.4 Å². The number of carboxylic acid groups (broad SMARTS) is 1. The third kappa shape index (κ3) is 30.6. The molecule has 8 nitrogen and oxygen atoms in total. The fourth-order valence-electron chi connectivity index (χ4n) is 4.80. The molecule has 0 aliphatic carbocycles. The van der Waals surface area contributed by atoms with Crippen molar-refractivity contribution in [2.24, 2.45) is 0 Å². The van der Waals surface area contributed by atoms with Crippen LogP contribution in [0.1, 0.15) is 117 Å². The van der Waals surface area contributed by atoms with E-state index in [0.29, 0.717) is 19.3 Å². The van der Waals surface area contributed by atoms with Crippen LogP contribution in [0.3, 0.4) is 0 Å². The van der Waals surface area contributed by atoms with Crippen LogP contribution in [-0.4, -0.2) is 80.6 Å². The third-order valence-electron chi connectivity index (χ3n) is 7.72. The average molecular weight is 687 g/mol. The first-order valence-corrected chi connectivity index (χ1v) is 18.5. The van der Waals surface area contributed by atoms with Crippen LogP contribution in [0.25, 0.3) is 0 Å². The van der Waals surface area contributed by atoms with Crippen molar-refractivity contribution in [3.8, 4) is 0 Å². The van der Waals surface area contributed by atoms with Gasteiger partial charge in [-0.25, -0.2) is 4.79 Å². The van der Waals surface area contributed by atoms with Gasteiger partial charge in [-0.15, -0.1) is 0 Å². The minimum Gasteiger partial charge on any atom is -0.477 e. The van der Waals surface area contributed by atoms with E-state index in [-0.39, 0.29) is 36.2 Å². The van der Waals surface area contributed by atoms with Gasteiger partial charge < -0.3 is 23.8 Å². The number of carbonyl (C=O) groups excluding carboxylic acids is 2. The highest BCUT2D eigenvalue weighted by Gasteiger charge is 2.31. The number of unbranched alkanes of at least 4 members (excludes halogenated alkanes) is 9. The fraction of sp³-hybridized carbons (Fsp3) is 0.634. The lowest BCUT2D eigenvalue weighted by Crippen LogP contribution is -2.50. The van der Waals surface area contributed by atoms with Crippen LogP contribution in [-0.2, 0) is 28.6 Å². The predicted octanol–water partition coefficient (Wildman–Crippen LogP) is 9.24. The van der Waals surface area contributed by atoms with Gasteiger partial charge in [-0.1, -0.05) is 119 Å². The molecular weight excluding hydrogens is 618 g/mol. The molecule has 0 fully saturated rings. The molecule has 0 aromatic heterocycles. The first-order valence-electron chi connectivity index (χ1n) is 18.5. The Balaban J connectivity index is 4.55. The molecule has 0 heterocycles. The number of quaternary nitrogens is 1. The van der Waals surface area contributed by atoms with Crippen molar-refractivity contribution in [2.45, 2.75) is 129 Å². The molecule has 0 saturated heterocycles. The normalized spacial score (nSPS) is 13.9. The number of carboxylic acids is 1. The Morgan fingerprint density at radius 2 is 1.16 bits per heavy atom. The molecule has 0 aliphatic rings. The van der Waals surface area contributed by atoms with Crippen molar-refractivity contribution >= 4 is 17.9 Å². The Morgan fingerprint density at radius 3 is 1.76 bits per heavy atom. The number of hydrogen-bond donors (Lipinski definition) is 1. The number of allylic oxidation sites excluding steroid dienone is 12. The summed E-state index contributed by atoms with van der Waals surface area (Å²) in [6.07, 6.45) is 38.0. The molecule has 0 aliphatic heterocycles. The molecule has 278 valence electrons. The number of ether oxygens (including phenoxy) is 3. The largest absolute Gasteiger partial charge is 0.477 e. The van der Waals surface area contributed by atoms with E-state index in [1.807, 2.05) is 69.8 Å². The summed E-state index contributed by atoms with van der Waals surface area (Å²) in [4.78, 5) is 36.7. The van der Waals surface area contributed by atoms with Crippen molar-refractivity contribution in [3.63, 3.8) is 0 Å². The number of rotatable bonds is 31. The quantitative estimate of drug-likeness (QED) is 0.0255. The second kappa shape index (κ2) is 32.0. The van der Waals surface area contributed by atoms with E-state index in [9.17, 15) is 19.5 Å². The highest BCUT2D eigenvalue weighted by Crippen LogP contribution is 2.12. The van der Waals surface area contributed by atoms with Crippen LogP contribution >= 0.6 is 0 Å². The van der Waals surface area contributed by atoms with Crippen molar-refractivity contribution in [3.05, 3.63) is 72.9 Å². The second-order valence-electron chi connectivity index (χ2n) is 13.2. The third-order valence-corrected chi connectivity index (χ3v) is 7.72. The lowest BCUT2D eigenvalue weighted by Gasteiger charge is -2.31. The molecule has 49 heavy (non-hydrogen) atoms. The van der Waals surface area contributed by atoms with Gasteiger partial charge in [0.25, 0.3) is 0 Å². The summed E-state index contributed by atoms with van der Waals surface area (Å²) >= 11 is 0. The zero-order valence-corrected chi connectivity index (χ0v) is 31.4. The highest BCUT2D eigenvalue weighted by atomic mass is 16.6. The molecule has 2 unspecified atom stereocenters. The first-order chi connectivity index (χ1) is 23.6. The van der Waals surface area contributed by atoms with Gasteiger partial charge in [0.1, 0.15) is 6.61 Å². The highest BCUT2D eigenvalue weighted by molar-refractivity contribution is 5.72. The zero-order valence-electron chi connectivity index (χ0n) is 31.4. The van der Waals surface area contributed by atoms with Gasteiger partial charge in [0, 0.05) is 19.3 Å². The topological polar surface area (TPSA) is 99.1 Å². The summed E-state index contributed by atoms with van der Waals surface area (Å²) in [6.45, 7) is 4.45. The number of aliphatic carboxylic acids is 1. The number of carbonyl (C=O) groups is 3. The van der Waals surface area contributed by atoms with E-state index >= 15 is 0 Å². The molecule has 8 heteroatoms. The van der Waals surface area contributed by atoms with Crippen molar-refractivity contribution in [1.82, 2.24) is 0 Å². The predicted molar refractivity (Wildman–Crippen MR) is 201 cm³/mol. The second-order valence-corrected chi connectivity index (χ2v) is 13.2. The maximum Gasteiger partial charge on any atom is 0.362 e. The summed E-state index contributed by atoms with van der Waals surface area (Å²) < 4.78 is 17.1. The van der Waals surface area contributed by atoms with Gasteiger partial charge >= 0.3 is 17.9 Å². The molecule has 0 spiro atoms. The Hall–Kier alpha value is -3.23. The number of likely N-dealkylation sites (N-methyl/N-ethyl adjacent to an activating group) is 1. The van der Waals surface area contributed by atoms with E-state index in [4.69, 9.17) is 14.2 Å². The Bertz CT molecular complexity index is 1030. The molecule has 0 amide bonds. The lowest BCUT2D eigenvalue weighted by atomic mass is 10.1. The van der Waals surface area contributed by atoms with Crippen LogP contribution in [0.15, 0.2) is 72.9 Å². The zero-order chi connectivity index (χ0) is 36.4. The number of esters is 2. The first kappa shape index (κ1) is 45.8. The summed E-state index contributed by atoms with van der Waals surface area (Å²) in [6, 6.07) is -0.625. The van der Waals surface area contributed by atoms with E-state index < -0.39 is 18.1 Å². The van der Waals surface area contributed by atoms with Gasteiger partial charge in [0.2, 0.25) is 0 Å². The molecule has 0 radical (unpaired) electrons. The maximum absolute atomic E-state index is 12.6. The molecule has 2 atom stereocenters. The van der Waals surface area contributed by atoms with Gasteiger partial charge in [0.15, 0.2) is 12.1 Å². The van der Waals surface area contributed by atoms with Crippen LogP contribution < -0.4 is 0 Å². The van der Waals surface area contributed by atoms with Gasteiger partial charge in [-0.2, -0.15) is 0 Å². The van der Waals surface area contributed by atoms with Crippen molar-refractivity contribution in [2.75, 3.05) is 41.0 Å². The molecule has 0 aromatic rings. The Morgan fingerprint density at radius 1 is 0.633 bits per heavy atom. The van der Waals surface area contributed by atoms with Crippen LogP contribution in [0.2, 0.25) is 0 Å². The van der Waals surface area contributed by atoms with Crippen molar-refractivity contribution in [1.29, 1.82) is 0 Å². The molecule has 0 bridgehead atoms. The minimum atomic E-state index is -0.888. The van der Waals surface area contributed by atoms with E-state index in [1.165, 1.54) is 12.8 Å². The summed E-state index contributed by atoms with van der Waals surface area (Å²) in [5, 5.41) is 9.57. The summed E-state index contributed by atoms with van der Waals surface area (Å²) in [5.41, 5.74) is 0. The Kier molecular flexibility index (Phi) is 29.9. The van der Waals surface area contributed by atoms with Crippen LogP contribution in [0.4, 0.5) is 0 Å². The molecular formula is C41H68NO7+.